The maximum atomic E-state index is 11.7. The van der Waals surface area contributed by atoms with Crippen LogP contribution in [0.2, 0.25) is 0 Å². The number of nitrogens with one attached hydrogen (secondary N) is 1. The Morgan fingerprint density at radius 3 is 2.48 bits per heavy atom. The molecule has 1 aliphatic heterocycles. The second-order valence-corrected chi connectivity index (χ2v) is 7.91. The Labute approximate surface area is 128 Å². The first-order valence-electron chi connectivity index (χ1n) is 7.84. The summed E-state index contributed by atoms with van der Waals surface area (Å²) in [6, 6.07) is 8.95. The Morgan fingerprint density at radius 2 is 1.86 bits per heavy atom. The van der Waals surface area contributed by atoms with Gasteiger partial charge in [-0.1, -0.05) is 26.0 Å². The van der Waals surface area contributed by atoms with Gasteiger partial charge in [0.15, 0.2) is 9.84 Å². The third-order valence-corrected chi connectivity index (χ3v) is 5.79. The van der Waals surface area contributed by atoms with E-state index in [1.807, 2.05) is 0 Å². The van der Waals surface area contributed by atoms with Crippen molar-refractivity contribution in [3.63, 3.8) is 0 Å². The molecule has 1 aromatic rings. The number of benzene rings is 1. The molecule has 4 nitrogen and oxygen atoms in total. The smallest absolute Gasteiger partial charge is 0.152 e. The second kappa shape index (κ2) is 7.27. The van der Waals surface area contributed by atoms with Gasteiger partial charge in [-0.25, -0.2) is 8.42 Å². The van der Waals surface area contributed by atoms with Gasteiger partial charge in [-0.3, -0.25) is 0 Å². The zero-order valence-corrected chi connectivity index (χ0v) is 13.8. The van der Waals surface area contributed by atoms with Crippen molar-refractivity contribution < 1.29 is 8.42 Å². The largest absolute Gasteiger partial charge is 0.370 e. The lowest BCUT2D eigenvalue weighted by Gasteiger charge is -2.23. The van der Waals surface area contributed by atoms with E-state index in [2.05, 4.69) is 48.3 Å². The second-order valence-electron chi connectivity index (χ2n) is 5.60. The molecule has 0 bridgehead atoms. The third-order valence-electron chi connectivity index (χ3n) is 4.07. The van der Waals surface area contributed by atoms with Gasteiger partial charge < -0.3 is 10.2 Å². The molecule has 1 unspecified atom stereocenters. The van der Waals surface area contributed by atoms with E-state index in [0.29, 0.717) is 18.3 Å². The molecule has 2 rings (SSSR count). The first kappa shape index (κ1) is 16.3. The molecule has 1 heterocycles. The maximum Gasteiger partial charge on any atom is 0.152 e. The molecule has 0 aliphatic carbocycles. The number of hydrogen-bond acceptors (Lipinski definition) is 4. The molecule has 0 saturated carbocycles. The van der Waals surface area contributed by atoms with Gasteiger partial charge in [-0.2, -0.15) is 0 Å². The summed E-state index contributed by atoms with van der Waals surface area (Å²) in [6.45, 7) is 6.69. The first-order valence-corrected chi connectivity index (χ1v) is 9.66. The molecule has 5 heteroatoms. The van der Waals surface area contributed by atoms with Crippen LogP contribution in [0.15, 0.2) is 24.3 Å². The van der Waals surface area contributed by atoms with Crippen molar-refractivity contribution in [3.8, 4) is 0 Å². The van der Waals surface area contributed by atoms with Crippen LogP contribution in [-0.2, 0) is 9.84 Å². The molecule has 1 fully saturated rings. The number of nitrogens with zero attached hydrogens (tertiary/aromatic N) is 1. The van der Waals surface area contributed by atoms with E-state index < -0.39 is 9.84 Å². The minimum atomic E-state index is -2.84. The highest BCUT2D eigenvalue weighted by atomic mass is 32.2. The van der Waals surface area contributed by atoms with E-state index in [1.165, 1.54) is 5.56 Å². The Balaban J connectivity index is 2.08. The summed E-state index contributed by atoms with van der Waals surface area (Å²) in [5.74, 6) is 0.587. The average Bonchev–Trinajstić information content (AvgIpc) is 2.66. The predicted molar refractivity (Wildman–Crippen MR) is 88.6 cm³/mol. The standard InChI is InChI=1S/C16H26N2O2S/c1-3-16(17-4-2)14-6-8-15(9-7-14)18-10-5-12-21(19,20)13-11-18/h6-9,16-17H,3-5,10-13H2,1-2H3. The molecule has 1 saturated heterocycles. The highest BCUT2D eigenvalue weighted by Crippen LogP contribution is 2.22. The predicted octanol–water partition coefficient (Wildman–Crippen LogP) is 2.37. The van der Waals surface area contributed by atoms with Gasteiger partial charge in [0.05, 0.1) is 11.5 Å². The first-order chi connectivity index (χ1) is 10.1. The molecular weight excluding hydrogens is 284 g/mol. The molecule has 118 valence electrons. The minimum Gasteiger partial charge on any atom is -0.370 e. The summed E-state index contributed by atoms with van der Waals surface area (Å²) in [5, 5.41) is 3.48. The van der Waals surface area contributed by atoms with E-state index in [9.17, 15) is 8.42 Å². The van der Waals surface area contributed by atoms with Gasteiger partial charge >= 0.3 is 0 Å². The summed E-state index contributed by atoms with van der Waals surface area (Å²) < 4.78 is 23.3. The number of hydrogen-bond donors (Lipinski definition) is 1. The van der Waals surface area contributed by atoms with Gasteiger partial charge in [0.25, 0.3) is 0 Å². The van der Waals surface area contributed by atoms with Crippen LogP contribution in [0.3, 0.4) is 0 Å². The van der Waals surface area contributed by atoms with E-state index in [1.54, 1.807) is 0 Å². The monoisotopic (exact) mass is 310 g/mol. The summed E-state index contributed by atoms with van der Waals surface area (Å²) in [4.78, 5) is 2.18. The molecular formula is C16H26N2O2S. The lowest BCUT2D eigenvalue weighted by molar-refractivity contribution is 0.537. The average molecular weight is 310 g/mol. The van der Waals surface area contributed by atoms with Crippen LogP contribution in [0.5, 0.6) is 0 Å². The molecule has 0 aromatic heterocycles. The normalized spacial score (nSPS) is 20.0. The Hall–Kier alpha value is -1.07. The van der Waals surface area contributed by atoms with Crippen LogP contribution in [0.1, 0.15) is 38.3 Å². The van der Waals surface area contributed by atoms with Crippen LogP contribution < -0.4 is 10.2 Å². The molecule has 1 N–H and O–H groups in total. The number of anilines is 1. The van der Waals surface area contributed by atoms with Gasteiger partial charge in [0.1, 0.15) is 0 Å². The third kappa shape index (κ3) is 4.45. The highest BCUT2D eigenvalue weighted by molar-refractivity contribution is 7.91. The quantitative estimate of drug-likeness (QED) is 0.907. The molecule has 0 amide bonds. The molecule has 1 aliphatic rings. The molecule has 21 heavy (non-hydrogen) atoms. The minimum absolute atomic E-state index is 0.268. The zero-order valence-electron chi connectivity index (χ0n) is 13.0. The van der Waals surface area contributed by atoms with Crippen LogP contribution in [-0.4, -0.2) is 39.6 Å². The van der Waals surface area contributed by atoms with Crippen molar-refractivity contribution >= 4 is 15.5 Å². The van der Waals surface area contributed by atoms with Crippen LogP contribution in [0.25, 0.3) is 0 Å². The fourth-order valence-corrected chi connectivity index (χ4v) is 4.13. The topological polar surface area (TPSA) is 49.4 Å². The van der Waals surface area contributed by atoms with E-state index in [0.717, 1.165) is 31.6 Å². The zero-order chi connectivity index (χ0) is 15.3. The Morgan fingerprint density at radius 1 is 1.14 bits per heavy atom. The number of sulfone groups is 1. The molecule has 0 spiro atoms. The van der Waals surface area contributed by atoms with Gasteiger partial charge in [0.2, 0.25) is 0 Å². The van der Waals surface area contributed by atoms with Gasteiger partial charge in [-0.15, -0.1) is 0 Å². The van der Waals surface area contributed by atoms with Crippen LogP contribution in [0.4, 0.5) is 5.69 Å². The molecule has 0 radical (unpaired) electrons. The van der Waals surface area contributed by atoms with E-state index in [-0.39, 0.29) is 5.75 Å². The molecule has 1 atom stereocenters. The van der Waals surface area contributed by atoms with Gasteiger partial charge in [0, 0.05) is 24.8 Å². The summed E-state index contributed by atoms with van der Waals surface area (Å²) in [5.41, 5.74) is 2.42. The fourth-order valence-electron chi connectivity index (χ4n) is 2.86. The van der Waals surface area contributed by atoms with Crippen molar-refractivity contribution in [3.05, 3.63) is 29.8 Å². The lowest BCUT2D eigenvalue weighted by atomic mass is 10.0. The number of rotatable bonds is 5. The highest BCUT2D eigenvalue weighted by Gasteiger charge is 2.19. The Kier molecular flexibility index (Phi) is 5.65. The van der Waals surface area contributed by atoms with Crippen molar-refractivity contribution in [2.24, 2.45) is 0 Å². The molecule has 1 aromatic carbocycles. The van der Waals surface area contributed by atoms with E-state index in [4.69, 9.17) is 0 Å². The fraction of sp³-hybridized carbons (Fsp3) is 0.625. The lowest BCUT2D eigenvalue weighted by Crippen LogP contribution is -2.26. The van der Waals surface area contributed by atoms with Crippen molar-refractivity contribution in [1.29, 1.82) is 0 Å². The summed E-state index contributed by atoms with van der Waals surface area (Å²) in [6.07, 6.45) is 1.79. The van der Waals surface area contributed by atoms with Crippen molar-refractivity contribution in [2.45, 2.75) is 32.7 Å². The Bertz CT molecular complexity index is 540. The summed E-state index contributed by atoms with van der Waals surface area (Å²) >= 11 is 0. The SMILES string of the molecule is CCNC(CC)c1ccc(N2CCCS(=O)(=O)CC2)cc1. The van der Waals surface area contributed by atoms with E-state index >= 15 is 0 Å². The summed E-state index contributed by atoms with van der Waals surface area (Å²) in [7, 11) is -2.84. The van der Waals surface area contributed by atoms with Crippen LogP contribution >= 0.6 is 0 Å². The maximum absolute atomic E-state index is 11.7. The van der Waals surface area contributed by atoms with Crippen LogP contribution in [0, 0.1) is 0 Å². The van der Waals surface area contributed by atoms with Gasteiger partial charge in [-0.05, 0) is 37.1 Å². The van der Waals surface area contributed by atoms with Crippen molar-refractivity contribution in [1.82, 2.24) is 5.32 Å². The van der Waals surface area contributed by atoms with Crippen molar-refractivity contribution in [2.75, 3.05) is 36.0 Å².